The summed E-state index contributed by atoms with van der Waals surface area (Å²) in [4.78, 5) is 11.3. The highest BCUT2D eigenvalue weighted by molar-refractivity contribution is 6.27. The highest BCUT2D eigenvalue weighted by atomic mass is 28.2. The third-order valence-electron chi connectivity index (χ3n) is 3.76. The molecule has 0 aliphatic rings. The van der Waals surface area contributed by atoms with E-state index in [2.05, 4.69) is 55.1 Å². The van der Waals surface area contributed by atoms with Crippen LogP contribution in [0.1, 0.15) is 30.4 Å². The molecule has 0 saturated carbocycles. The van der Waals surface area contributed by atoms with Crippen molar-refractivity contribution in [2.24, 2.45) is 0 Å². The summed E-state index contributed by atoms with van der Waals surface area (Å²) in [5.74, 6) is -0.0892. The number of hydrogen-bond acceptors (Lipinski definition) is 3. The second-order valence-corrected chi connectivity index (χ2v) is 6.93. The monoisotopic (exact) mass is 352 g/mol. The molecule has 0 aliphatic heterocycles. The van der Waals surface area contributed by atoms with E-state index in [1.54, 1.807) is 6.92 Å². The second kappa shape index (κ2) is 10.6. The number of rotatable bonds is 10. The Morgan fingerprint density at radius 3 is 2.12 bits per heavy atom. The molecule has 4 heteroatoms. The minimum absolute atomic E-state index is 0.233. The highest BCUT2D eigenvalue weighted by Crippen LogP contribution is 2.24. The van der Waals surface area contributed by atoms with Gasteiger partial charge in [0.05, 0.1) is 6.61 Å². The molecule has 3 nitrogen and oxygen atoms in total. The number of benzene rings is 2. The Kier molecular flexibility index (Phi) is 8.15. The van der Waals surface area contributed by atoms with Gasteiger partial charge in [0, 0.05) is 18.1 Å². The van der Waals surface area contributed by atoms with Gasteiger partial charge in [0.1, 0.15) is 0 Å². The summed E-state index contributed by atoms with van der Waals surface area (Å²) >= 11 is 0. The number of esters is 1. The van der Waals surface area contributed by atoms with Crippen molar-refractivity contribution in [2.75, 3.05) is 13.2 Å². The summed E-state index contributed by atoms with van der Waals surface area (Å²) < 4.78 is 11.0. The lowest BCUT2D eigenvalue weighted by Crippen LogP contribution is -2.12. The van der Waals surface area contributed by atoms with Gasteiger partial charge < -0.3 is 9.16 Å². The minimum atomic E-state index is -0.322. The number of carbonyl (C=O) groups is 1. The first-order valence-corrected chi connectivity index (χ1v) is 9.57. The summed E-state index contributed by atoms with van der Waals surface area (Å²) in [6.45, 7) is 6.29. The average Bonchev–Trinajstić information content (AvgIpc) is 2.65. The molecule has 0 bridgehead atoms. The summed E-state index contributed by atoms with van der Waals surface area (Å²) in [5, 5.41) is 0. The molecule has 25 heavy (non-hydrogen) atoms. The summed E-state index contributed by atoms with van der Waals surface area (Å²) in [6, 6.07) is 21.7. The Morgan fingerprint density at radius 1 is 1.04 bits per heavy atom. The van der Waals surface area contributed by atoms with Crippen molar-refractivity contribution in [3.05, 3.63) is 83.9 Å². The van der Waals surface area contributed by atoms with Crippen LogP contribution in [0.15, 0.2) is 72.8 Å². The van der Waals surface area contributed by atoms with Gasteiger partial charge in [-0.1, -0.05) is 67.2 Å². The number of ether oxygens (including phenoxy) is 1. The molecule has 0 heterocycles. The molecule has 0 aliphatic carbocycles. The van der Waals surface area contributed by atoms with Crippen LogP contribution in [0.3, 0.4) is 0 Å². The zero-order valence-corrected chi connectivity index (χ0v) is 15.6. The van der Waals surface area contributed by atoms with Gasteiger partial charge >= 0.3 is 5.97 Å². The molecule has 2 aromatic carbocycles. The Bertz CT molecular complexity index is 616. The molecule has 0 saturated heterocycles. The van der Waals surface area contributed by atoms with Gasteiger partial charge in [0.2, 0.25) is 9.76 Å². The topological polar surface area (TPSA) is 35.5 Å². The van der Waals surface area contributed by atoms with Gasteiger partial charge in [-0.2, -0.15) is 0 Å². The van der Waals surface area contributed by atoms with Gasteiger partial charge in [-0.05, 0) is 30.5 Å². The smallest absolute Gasteiger partial charge is 0.333 e. The molecule has 2 radical (unpaired) electrons. The first kappa shape index (κ1) is 19.2. The molecule has 130 valence electrons. The third-order valence-corrected chi connectivity index (χ3v) is 4.69. The number of carbonyl (C=O) groups excluding carboxylic acids is 1. The van der Waals surface area contributed by atoms with E-state index in [1.165, 1.54) is 11.1 Å². The van der Waals surface area contributed by atoms with Gasteiger partial charge in [0.15, 0.2) is 0 Å². The van der Waals surface area contributed by atoms with Crippen LogP contribution >= 0.6 is 0 Å². The third kappa shape index (κ3) is 6.68. The molecule has 0 unspecified atom stereocenters. The van der Waals surface area contributed by atoms with Crippen LogP contribution in [0.2, 0.25) is 6.04 Å². The van der Waals surface area contributed by atoms with Crippen molar-refractivity contribution >= 4 is 15.7 Å². The maximum atomic E-state index is 11.3. The second-order valence-electron chi connectivity index (χ2n) is 5.85. The Labute approximate surface area is 152 Å². The average molecular weight is 353 g/mol. The lowest BCUT2D eigenvalue weighted by Gasteiger charge is -2.18. The normalized spacial score (nSPS) is 10.6. The van der Waals surface area contributed by atoms with Gasteiger partial charge in [-0.3, -0.25) is 0 Å². The Balaban J connectivity index is 1.77. The Hall–Kier alpha value is -2.17. The van der Waals surface area contributed by atoms with E-state index in [1.807, 2.05) is 12.1 Å². The van der Waals surface area contributed by atoms with Gasteiger partial charge in [0.25, 0.3) is 0 Å². The zero-order valence-electron chi connectivity index (χ0n) is 14.6. The van der Waals surface area contributed by atoms with Crippen molar-refractivity contribution < 1.29 is 14.0 Å². The molecule has 0 N–H and O–H groups in total. The maximum absolute atomic E-state index is 11.3. The predicted octanol–water partition coefficient (Wildman–Crippen LogP) is 4.38. The molecule has 0 atom stereocenters. The lowest BCUT2D eigenvalue weighted by molar-refractivity contribution is -0.138. The van der Waals surface area contributed by atoms with Crippen molar-refractivity contribution in [3.63, 3.8) is 0 Å². The molecule has 0 aromatic heterocycles. The van der Waals surface area contributed by atoms with Crippen LogP contribution < -0.4 is 0 Å². The first-order valence-electron chi connectivity index (χ1n) is 8.45. The molecule has 0 amide bonds. The largest absolute Gasteiger partial charge is 0.462 e. The van der Waals surface area contributed by atoms with E-state index in [-0.39, 0.29) is 11.9 Å². The van der Waals surface area contributed by atoms with Crippen molar-refractivity contribution in [1.82, 2.24) is 0 Å². The highest BCUT2D eigenvalue weighted by Gasteiger charge is 2.14. The first-order chi connectivity index (χ1) is 12.2. The van der Waals surface area contributed by atoms with E-state index in [0.717, 1.165) is 12.5 Å². The minimum Gasteiger partial charge on any atom is -0.462 e. The van der Waals surface area contributed by atoms with Crippen LogP contribution in [-0.4, -0.2) is 28.9 Å². The SMILES string of the molecule is C=C(C)C(=O)OCCC[Si]OCC(c1ccccc1)c1ccccc1. The molecule has 0 spiro atoms. The van der Waals surface area contributed by atoms with E-state index >= 15 is 0 Å². The maximum Gasteiger partial charge on any atom is 0.333 e. The number of hydrogen-bond donors (Lipinski definition) is 0. The molecular formula is C21H24O3Si. The lowest BCUT2D eigenvalue weighted by atomic mass is 9.92. The van der Waals surface area contributed by atoms with E-state index < -0.39 is 0 Å². The predicted molar refractivity (Wildman–Crippen MR) is 102 cm³/mol. The van der Waals surface area contributed by atoms with Gasteiger partial charge in [-0.15, -0.1) is 0 Å². The van der Waals surface area contributed by atoms with Crippen LogP contribution in [0.4, 0.5) is 0 Å². The zero-order chi connectivity index (χ0) is 17.9. The van der Waals surface area contributed by atoms with Crippen LogP contribution in [0.5, 0.6) is 0 Å². The van der Waals surface area contributed by atoms with Crippen LogP contribution in [0, 0.1) is 0 Å². The van der Waals surface area contributed by atoms with E-state index in [4.69, 9.17) is 9.16 Å². The molecule has 2 rings (SSSR count). The summed E-state index contributed by atoms with van der Waals surface area (Å²) in [5.41, 5.74) is 2.95. The fraction of sp³-hybridized carbons (Fsp3) is 0.286. The fourth-order valence-electron chi connectivity index (χ4n) is 2.40. The van der Waals surface area contributed by atoms with Crippen LogP contribution in [-0.2, 0) is 14.0 Å². The fourth-order valence-corrected chi connectivity index (χ4v) is 3.12. The molecule has 0 fully saturated rings. The molecular weight excluding hydrogens is 328 g/mol. The van der Waals surface area contributed by atoms with Crippen molar-refractivity contribution in [2.45, 2.75) is 25.3 Å². The summed E-state index contributed by atoms with van der Waals surface area (Å²) in [7, 11) is 0.399. The van der Waals surface area contributed by atoms with Gasteiger partial charge in [-0.25, -0.2) is 4.79 Å². The standard InChI is InChI=1S/C21H24O3Si/c1-17(2)21(22)23-14-9-15-25-24-16-20(18-10-5-3-6-11-18)19-12-7-4-8-13-19/h3-8,10-13,20H,1,9,14-16H2,2H3. The summed E-state index contributed by atoms with van der Waals surface area (Å²) in [6.07, 6.45) is 0.804. The molecule has 2 aromatic rings. The Morgan fingerprint density at radius 2 is 1.60 bits per heavy atom. The van der Waals surface area contributed by atoms with E-state index in [9.17, 15) is 4.79 Å². The van der Waals surface area contributed by atoms with Crippen molar-refractivity contribution in [3.8, 4) is 0 Å². The van der Waals surface area contributed by atoms with E-state index in [0.29, 0.717) is 28.5 Å². The van der Waals surface area contributed by atoms with Crippen molar-refractivity contribution in [1.29, 1.82) is 0 Å². The quantitative estimate of drug-likeness (QED) is 0.275. The van der Waals surface area contributed by atoms with Crippen LogP contribution in [0.25, 0.3) is 0 Å².